The third kappa shape index (κ3) is 4.51. The normalized spacial score (nSPS) is 16.4. The molecule has 1 aromatic heterocycles. The molecule has 0 aliphatic carbocycles. The van der Waals surface area contributed by atoms with Gasteiger partial charge in [0.1, 0.15) is 0 Å². The van der Waals surface area contributed by atoms with Crippen molar-refractivity contribution in [2.45, 2.75) is 6.10 Å². The monoisotopic (exact) mass is 385 g/mol. The number of halogens is 1. The van der Waals surface area contributed by atoms with Gasteiger partial charge in [-0.05, 0) is 29.8 Å². The zero-order valence-corrected chi connectivity index (χ0v) is 15.4. The molecule has 0 radical (unpaired) electrons. The van der Waals surface area contributed by atoms with E-state index >= 15 is 0 Å². The minimum absolute atomic E-state index is 0. The summed E-state index contributed by atoms with van der Waals surface area (Å²) in [7, 11) is 0. The third-order valence-corrected chi connectivity index (χ3v) is 4.18. The van der Waals surface area contributed by atoms with Crippen LogP contribution in [0.5, 0.6) is 0 Å². The molecule has 1 atom stereocenters. The summed E-state index contributed by atoms with van der Waals surface area (Å²) in [5, 5.41) is 14.5. The Labute approximate surface area is 163 Å². The molecule has 4 rings (SSSR count). The second-order valence-corrected chi connectivity index (χ2v) is 5.99. The highest BCUT2D eigenvalue weighted by molar-refractivity contribution is 6.02. The van der Waals surface area contributed by atoms with Gasteiger partial charge in [0, 0.05) is 18.8 Å². The lowest BCUT2D eigenvalue weighted by molar-refractivity contribution is 0.0277. The molecule has 3 aromatic rings. The third-order valence-electron chi connectivity index (χ3n) is 4.18. The summed E-state index contributed by atoms with van der Waals surface area (Å²) in [5.41, 5.74) is 2.86. The fourth-order valence-electron chi connectivity index (χ4n) is 2.81. The van der Waals surface area contributed by atoms with E-state index in [1.807, 2.05) is 54.6 Å². The van der Waals surface area contributed by atoms with Gasteiger partial charge < -0.3 is 15.4 Å². The summed E-state index contributed by atoms with van der Waals surface area (Å²) < 4.78 is 5.73. The van der Waals surface area contributed by atoms with Crippen molar-refractivity contribution in [3.05, 3.63) is 72.1 Å². The minimum atomic E-state index is -0.296. The molecule has 2 heterocycles. The van der Waals surface area contributed by atoms with Gasteiger partial charge >= 0.3 is 0 Å². The van der Waals surface area contributed by atoms with Crippen LogP contribution in [0, 0.1) is 0 Å². The predicted molar refractivity (Wildman–Crippen MR) is 105 cm³/mol. The summed E-state index contributed by atoms with van der Waals surface area (Å²) in [4.78, 5) is 13.8. The van der Waals surface area contributed by atoms with E-state index in [9.17, 15) is 4.79 Å². The van der Waals surface area contributed by atoms with Crippen LogP contribution >= 0.6 is 12.4 Å². The molecule has 0 spiro atoms. The Morgan fingerprint density at radius 1 is 1.15 bits per heavy atom. The molecule has 0 bridgehead atoms. The molecule has 1 amide bonds. The maximum atomic E-state index is 12.4. The second-order valence-electron chi connectivity index (χ2n) is 5.99. The Morgan fingerprint density at radius 3 is 2.63 bits per heavy atom. The summed E-state index contributed by atoms with van der Waals surface area (Å²) in [5.74, 6) is -0.296. The highest BCUT2D eigenvalue weighted by Gasteiger charge is 2.16. The number of rotatable bonds is 4. The van der Waals surface area contributed by atoms with Crippen molar-refractivity contribution in [2.24, 2.45) is 0 Å². The van der Waals surface area contributed by atoms with Gasteiger partial charge in [-0.3, -0.25) is 4.79 Å². The van der Waals surface area contributed by atoms with Crippen LogP contribution in [0.4, 0.5) is 5.69 Å². The van der Waals surface area contributed by atoms with Crippen LogP contribution in [-0.2, 0) is 4.74 Å². The highest BCUT2D eigenvalue weighted by atomic mass is 35.5. The number of benzene rings is 2. The fraction of sp³-hybridized carbons (Fsp3) is 0.211. The van der Waals surface area contributed by atoms with E-state index in [1.165, 1.54) is 11.0 Å². The fourth-order valence-corrected chi connectivity index (χ4v) is 2.81. The highest BCUT2D eigenvalue weighted by Crippen LogP contribution is 2.21. The molecule has 1 saturated heterocycles. The largest absolute Gasteiger partial charge is 0.371 e. The average molecular weight is 386 g/mol. The summed E-state index contributed by atoms with van der Waals surface area (Å²) in [6.45, 7) is 2.39. The topological polar surface area (TPSA) is 81.1 Å². The Morgan fingerprint density at radius 2 is 1.93 bits per heavy atom. The van der Waals surface area contributed by atoms with Crippen molar-refractivity contribution in [3.8, 4) is 5.69 Å². The SMILES string of the molecule is Cl.O=C(Nc1ccc([C@@H]2CNCCO2)cc1)c1cnn(-c2ccccc2)n1. The molecule has 1 aliphatic heterocycles. The van der Waals surface area contributed by atoms with E-state index in [2.05, 4.69) is 20.8 Å². The van der Waals surface area contributed by atoms with Crippen LogP contribution in [0.25, 0.3) is 5.69 Å². The number of amides is 1. The van der Waals surface area contributed by atoms with Crippen LogP contribution < -0.4 is 10.6 Å². The van der Waals surface area contributed by atoms with Crippen molar-refractivity contribution in [2.75, 3.05) is 25.0 Å². The first kappa shape index (κ1) is 19.0. The van der Waals surface area contributed by atoms with E-state index in [-0.39, 0.29) is 30.1 Å². The second kappa shape index (κ2) is 8.77. The lowest BCUT2D eigenvalue weighted by atomic mass is 10.1. The van der Waals surface area contributed by atoms with Gasteiger partial charge in [-0.2, -0.15) is 9.90 Å². The first-order chi connectivity index (χ1) is 12.8. The van der Waals surface area contributed by atoms with Crippen molar-refractivity contribution in [1.82, 2.24) is 20.3 Å². The number of nitrogens with one attached hydrogen (secondary N) is 2. The first-order valence-corrected chi connectivity index (χ1v) is 8.51. The zero-order chi connectivity index (χ0) is 17.8. The summed E-state index contributed by atoms with van der Waals surface area (Å²) >= 11 is 0. The molecule has 2 N–H and O–H groups in total. The van der Waals surface area contributed by atoms with Gasteiger partial charge in [0.15, 0.2) is 5.69 Å². The van der Waals surface area contributed by atoms with Crippen molar-refractivity contribution >= 4 is 24.0 Å². The first-order valence-electron chi connectivity index (χ1n) is 8.51. The van der Waals surface area contributed by atoms with Crippen molar-refractivity contribution in [3.63, 3.8) is 0 Å². The van der Waals surface area contributed by atoms with E-state index < -0.39 is 0 Å². The number of ether oxygens (including phenoxy) is 1. The Kier molecular flexibility index (Phi) is 6.18. The van der Waals surface area contributed by atoms with Crippen LogP contribution in [0.1, 0.15) is 22.2 Å². The zero-order valence-electron chi connectivity index (χ0n) is 14.5. The lowest BCUT2D eigenvalue weighted by Crippen LogP contribution is -2.33. The predicted octanol–water partition coefficient (Wildman–Crippen LogP) is 2.60. The smallest absolute Gasteiger partial charge is 0.277 e. The molecule has 0 saturated carbocycles. The summed E-state index contributed by atoms with van der Waals surface area (Å²) in [6.07, 6.45) is 1.51. The number of hydrogen-bond donors (Lipinski definition) is 2. The van der Waals surface area contributed by atoms with Gasteiger partial charge in [-0.15, -0.1) is 17.5 Å². The molecule has 2 aromatic carbocycles. The van der Waals surface area contributed by atoms with Crippen molar-refractivity contribution < 1.29 is 9.53 Å². The molecule has 7 nitrogen and oxygen atoms in total. The Hall–Kier alpha value is -2.74. The quantitative estimate of drug-likeness (QED) is 0.721. The maximum absolute atomic E-state index is 12.4. The van der Waals surface area contributed by atoms with E-state index in [4.69, 9.17) is 4.74 Å². The number of anilines is 1. The molecule has 1 aliphatic rings. The number of carbonyl (C=O) groups excluding carboxylic acids is 1. The van der Waals surface area contributed by atoms with Gasteiger partial charge in [-0.25, -0.2) is 0 Å². The van der Waals surface area contributed by atoms with Gasteiger partial charge in [0.05, 0.1) is 24.6 Å². The summed E-state index contributed by atoms with van der Waals surface area (Å²) in [6, 6.07) is 17.1. The molecule has 0 unspecified atom stereocenters. The number of carbonyl (C=O) groups is 1. The minimum Gasteiger partial charge on any atom is -0.371 e. The van der Waals surface area contributed by atoms with Gasteiger partial charge in [0.25, 0.3) is 5.91 Å². The van der Waals surface area contributed by atoms with E-state index in [0.717, 1.165) is 24.3 Å². The lowest BCUT2D eigenvalue weighted by Gasteiger charge is -2.24. The standard InChI is InChI=1S/C19H19N5O2.ClH/c25-19(17-12-21-24(23-17)16-4-2-1-3-5-16)22-15-8-6-14(7-9-15)18-13-20-10-11-26-18;/h1-9,12,18,20H,10-11,13H2,(H,22,25);1H/t18-;/m0./s1. The molecule has 27 heavy (non-hydrogen) atoms. The number of para-hydroxylation sites is 1. The number of morpholine rings is 1. The van der Waals surface area contributed by atoms with E-state index in [0.29, 0.717) is 12.3 Å². The van der Waals surface area contributed by atoms with Gasteiger partial charge in [0.2, 0.25) is 0 Å². The number of nitrogens with zero attached hydrogens (tertiary/aromatic N) is 3. The van der Waals surface area contributed by atoms with Crippen LogP contribution in [0.15, 0.2) is 60.8 Å². The Balaban J connectivity index is 0.00000210. The maximum Gasteiger partial charge on any atom is 0.277 e. The van der Waals surface area contributed by atoms with Crippen molar-refractivity contribution in [1.29, 1.82) is 0 Å². The number of hydrogen-bond acceptors (Lipinski definition) is 5. The van der Waals surface area contributed by atoms with Crippen LogP contribution in [0.3, 0.4) is 0 Å². The van der Waals surface area contributed by atoms with Crippen LogP contribution in [0.2, 0.25) is 0 Å². The van der Waals surface area contributed by atoms with Crippen LogP contribution in [-0.4, -0.2) is 40.6 Å². The molecule has 140 valence electrons. The molecular formula is C19H20ClN5O2. The number of aromatic nitrogens is 3. The molecule has 8 heteroatoms. The molecular weight excluding hydrogens is 366 g/mol. The molecule has 1 fully saturated rings. The Bertz CT molecular complexity index is 877. The van der Waals surface area contributed by atoms with E-state index in [1.54, 1.807) is 0 Å². The average Bonchev–Trinajstić information content (AvgIpc) is 3.20. The van der Waals surface area contributed by atoms with Gasteiger partial charge in [-0.1, -0.05) is 30.3 Å².